The van der Waals surface area contributed by atoms with E-state index in [0.29, 0.717) is 42.7 Å². The van der Waals surface area contributed by atoms with Crippen LogP contribution in [0.5, 0.6) is 11.5 Å². The number of aromatic nitrogens is 1. The smallest absolute Gasteiger partial charge is 0.298 e. The van der Waals surface area contributed by atoms with Crippen LogP contribution in [0.4, 0.5) is 10.4 Å². The number of nitrogens with two attached hydrogens (primary N) is 1. The summed E-state index contributed by atoms with van der Waals surface area (Å²) < 4.78 is 31.2. The summed E-state index contributed by atoms with van der Waals surface area (Å²) in [6.07, 6.45) is 0.805. The fourth-order valence-corrected chi connectivity index (χ4v) is 3.44. The molecule has 7 heteroatoms. The van der Waals surface area contributed by atoms with Gasteiger partial charge >= 0.3 is 0 Å². The van der Waals surface area contributed by atoms with Gasteiger partial charge in [0.25, 0.3) is 6.01 Å². The van der Waals surface area contributed by atoms with Crippen LogP contribution in [0.25, 0.3) is 11.1 Å². The average Bonchev–Trinajstić information content (AvgIpc) is 3.26. The molecule has 3 aromatic carbocycles. The van der Waals surface area contributed by atoms with E-state index in [9.17, 15) is 4.39 Å². The third kappa shape index (κ3) is 5.00. The molecular weight excluding hydrogens is 409 g/mol. The van der Waals surface area contributed by atoms with E-state index in [1.54, 1.807) is 25.3 Å². The van der Waals surface area contributed by atoms with Gasteiger partial charge in [-0.3, -0.25) is 0 Å². The van der Waals surface area contributed by atoms with Crippen molar-refractivity contribution >= 4 is 17.1 Å². The minimum Gasteiger partial charge on any atom is -0.493 e. The summed E-state index contributed by atoms with van der Waals surface area (Å²) in [5.74, 6) is 0.835. The molecule has 0 unspecified atom stereocenters. The van der Waals surface area contributed by atoms with Crippen LogP contribution in [0.15, 0.2) is 71.1 Å². The molecule has 4 aromatic rings. The van der Waals surface area contributed by atoms with Crippen molar-refractivity contribution in [2.75, 3.05) is 25.1 Å². The zero-order valence-corrected chi connectivity index (χ0v) is 18.0. The SMILES string of the molecule is COc1cc(CN(CCCN)c2nc3ccccc3o2)ccc1OCc1ccccc1F. The molecule has 32 heavy (non-hydrogen) atoms. The molecule has 1 aromatic heterocycles. The maximum atomic E-state index is 13.9. The Bertz CT molecular complexity index is 1150. The highest BCUT2D eigenvalue weighted by Gasteiger charge is 2.16. The minimum atomic E-state index is -0.294. The lowest BCUT2D eigenvalue weighted by Crippen LogP contribution is -2.26. The number of benzene rings is 3. The highest BCUT2D eigenvalue weighted by Crippen LogP contribution is 2.31. The number of fused-ring (bicyclic) bond motifs is 1. The van der Waals surface area contributed by atoms with Crippen LogP contribution in [-0.2, 0) is 13.2 Å². The lowest BCUT2D eigenvalue weighted by Gasteiger charge is -2.21. The van der Waals surface area contributed by atoms with Gasteiger partial charge in [0.05, 0.1) is 7.11 Å². The zero-order chi connectivity index (χ0) is 22.3. The van der Waals surface area contributed by atoms with E-state index in [2.05, 4.69) is 9.88 Å². The normalized spacial score (nSPS) is 11.0. The van der Waals surface area contributed by atoms with Crippen LogP contribution in [0.1, 0.15) is 17.5 Å². The van der Waals surface area contributed by atoms with E-state index in [1.807, 2.05) is 42.5 Å². The van der Waals surface area contributed by atoms with Crippen LogP contribution in [-0.4, -0.2) is 25.2 Å². The summed E-state index contributed by atoms with van der Waals surface area (Å²) in [5, 5.41) is 0. The summed E-state index contributed by atoms with van der Waals surface area (Å²) in [6, 6.07) is 20.5. The molecule has 2 N–H and O–H groups in total. The largest absolute Gasteiger partial charge is 0.493 e. The topological polar surface area (TPSA) is 73.8 Å². The molecule has 0 spiro atoms. The van der Waals surface area contributed by atoms with E-state index in [0.717, 1.165) is 23.1 Å². The highest BCUT2D eigenvalue weighted by atomic mass is 19.1. The van der Waals surface area contributed by atoms with Gasteiger partial charge in [-0.1, -0.05) is 36.4 Å². The maximum absolute atomic E-state index is 13.9. The van der Waals surface area contributed by atoms with E-state index in [1.165, 1.54) is 6.07 Å². The number of oxazole rings is 1. The first-order valence-corrected chi connectivity index (χ1v) is 10.5. The van der Waals surface area contributed by atoms with Crippen LogP contribution in [0, 0.1) is 5.82 Å². The van der Waals surface area contributed by atoms with Gasteiger partial charge in [-0.05, 0) is 48.9 Å². The lowest BCUT2D eigenvalue weighted by molar-refractivity contribution is 0.279. The van der Waals surface area contributed by atoms with Gasteiger partial charge in [-0.25, -0.2) is 4.39 Å². The zero-order valence-electron chi connectivity index (χ0n) is 18.0. The number of hydrogen-bond donors (Lipinski definition) is 1. The molecule has 0 radical (unpaired) electrons. The quantitative estimate of drug-likeness (QED) is 0.382. The standard InChI is InChI=1S/C25H26FN3O3/c1-30-24-15-18(11-12-23(24)31-17-19-7-2-3-8-20(19)26)16-29(14-6-13-27)25-28-21-9-4-5-10-22(21)32-25/h2-5,7-12,15H,6,13-14,16-17,27H2,1H3. The van der Waals surface area contributed by atoms with E-state index >= 15 is 0 Å². The van der Waals surface area contributed by atoms with Crippen molar-refractivity contribution in [3.05, 3.63) is 83.7 Å². The number of hydrogen-bond acceptors (Lipinski definition) is 6. The van der Waals surface area contributed by atoms with Crippen LogP contribution in [0.2, 0.25) is 0 Å². The summed E-state index contributed by atoms with van der Waals surface area (Å²) in [7, 11) is 1.59. The number of anilines is 1. The van der Waals surface area contributed by atoms with Crippen molar-refractivity contribution in [1.82, 2.24) is 4.98 Å². The van der Waals surface area contributed by atoms with Crippen molar-refractivity contribution in [3.63, 3.8) is 0 Å². The van der Waals surface area contributed by atoms with Crippen LogP contribution >= 0.6 is 0 Å². The molecule has 0 atom stereocenters. The molecule has 0 saturated carbocycles. The second-order valence-corrected chi connectivity index (χ2v) is 7.39. The number of methoxy groups -OCH3 is 1. The first kappa shape index (κ1) is 21.6. The van der Waals surface area contributed by atoms with E-state index in [4.69, 9.17) is 19.6 Å². The van der Waals surface area contributed by atoms with Gasteiger partial charge in [0.1, 0.15) is 17.9 Å². The third-order valence-corrected chi connectivity index (χ3v) is 5.13. The minimum absolute atomic E-state index is 0.119. The Morgan fingerprint density at radius 2 is 1.84 bits per heavy atom. The Morgan fingerprint density at radius 3 is 2.62 bits per heavy atom. The number of ether oxygens (including phenoxy) is 2. The Kier molecular flexibility index (Phi) is 6.87. The molecule has 0 fully saturated rings. The molecule has 0 saturated heterocycles. The van der Waals surface area contributed by atoms with Crippen molar-refractivity contribution in [2.45, 2.75) is 19.6 Å². The molecule has 0 aliphatic carbocycles. The average molecular weight is 435 g/mol. The number of rotatable bonds is 10. The van der Waals surface area contributed by atoms with Crippen molar-refractivity contribution in [3.8, 4) is 11.5 Å². The van der Waals surface area contributed by atoms with E-state index in [-0.39, 0.29) is 12.4 Å². The van der Waals surface area contributed by atoms with Gasteiger partial charge in [-0.2, -0.15) is 4.98 Å². The van der Waals surface area contributed by atoms with Gasteiger partial charge in [0, 0.05) is 18.7 Å². The molecule has 4 rings (SSSR count). The van der Waals surface area contributed by atoms with Crippen molar-refractivity contribution in [2.24, 2.45) is 5.73 Å². The summed E-state index contributed by atoms with van der Waals surface area (Å²) in [6.45, 7) is 1.96. The van der Waals surface area contributed by atoms with Crippen LogP contribution in [0.3, 0.4) is 0 Å². The van der Waals surface area contributed by atoms with Crippen molar-refractivity contribution in [1.29, 1.82) is 0 Å². The van der Waals surface area contributed by atoms with Gasteiger partial charge in [0.2, 0.25) is 0 Å². The molecule has 0 amide bonds. The monoisotopic (exact) mass is 435 g/mol. The Hall–Kier alpha value is -3.58. The fourth-order valence-electron chi connectivity index (χ4n) is 3.44. The first-order valence-electron chi connectivity index (χ1n) is 10.5. The molecular formula is C25H26FN3O3. The summed E-state index contributed by atoms with van der Waals surface area (Å²) in [5.41, 5.74) is 8.79. The Morgan fingerprint density at radius 1 is 1.03 bits per heavy atom. The van der Waals surface area contributed by atoms with E-state index < -0.39 is 0 Å². The molecule has 0 aliphatic heterocycles. The summed E-state index contributed by atoms with van der Waals surface area (Å²) in [4.78, 5) is 6.68. The van der Waals surface area contributed by atoms with Crippen molar-refractivity contribution < 1.29 is 18.3 Å². The van der Waals surface area contributed by atoms with Crippen LogP contribution < -0.4 is 20.1 Å². The second-order valence-electron chi connectivity index (χ2n) is 7.39. The number of nitrogens with zero attached hydrogens (tertiary/aromatic N) is 2. The molecule has 166 valence electrons. The molecule has 0 bridgehead atoms. The number of halogens is 1. The third-order valence-electron chi connectivity index (χ3n) is 5.13. The second kappa shape index (κ2) is 10.2. The number of para-hydroxylation sites is 2. The molecule has 0 aliphatic rings. The predicted octanol–water partition coefficient (Wildman–Crippen LogP) is 4.91. The Labute approximate surface area is 186 Å². The molecule has 6 nitrogen and oxygen atoms in total. The fraction of sp³-hybridized carbons (Fsp3) is 0.240. The molecule has 1 heterocycles. The van der Waals surface area contributed by atoms with Gasteiger partial charge < -0.3 is 24.5 Å². The van der Waals surface area contributed by atoms with Gasteiger partial charge in [-0.15, -0.1) is 0 Å². The maximum Gasteiger partial charge on any atom is 0.298 e. The lowest BCUT2D eigenvalue weighted by atomic mass is 10.2. The predicted molar refractivity (Wildman–Crippen MR) is 122 cm³/mol. The summed E-state index contributed by atoms with van der Waals surface area (Å²) >= 11 is 0. The van der Waals surface area contributed by atoms with Gasteiger partial charge in [0.15, 0.2) is 17.1 Å². The Balaban J connectivity index is 1.52. The highest BCUT2D eigenvalue weighted by molar-refractivity contribution is 5.74. The first-order chi connectivity index (χ1) is 15.7.